The largest absolute Gasteiger partial charge is 0.398 e. The maximum atomic E-state index is 5.71. The number of hydrogen-bond donors (Lipinski definition) is 1. The smallest absolute Gasteiger partial charge is 0.0740 e. The van der Waals surface area contributed by atoms with E-state index in [9.17, 15) is 0 Å². The Morgan fingerprint density at radius 2 is 2.38 bits per heavy atom. The molecule has 0 aromatic heterocycles. The van der Waals surface area contributed by atoms with Crippen LogP contribution in [-0.2, 0) is 11.3 Å². The highest BCUT2D eigenvalue weighted by Gasteiger charge is 2.01. The lowest BCUT2D eigenvalue weighted by atomic mass is 10.2. The van der Waals surface area contributed by atoms with Crippen LogP contribution in [0.2, 0.25) is 0 Å². The second kappa shape index (κ2) is 4.87. The molecule has 1 rings (SSSR count). The van der Waals surface area contributed by atoms with Gasteiger partial charge in [0.2, 0.25) is 0 Å². The third kappa shape index (κ3) is 3.07. The zero-order chi connectivity index (χ0) is 9.68. The number of benzene rings is 1. The predicted octanol–water partition coefficient (Wildman–Crippen LogP) is 2.38. The zero-order valence-electron chi connectivity index (χ0n) is 8.21. The van der Waals surface area contributed by atoms with Gasteiger partial charge in [0, 0.05) is 17.3 Å². The molecule has 0 fully saturated rings. The standard InChI is InChI=1S/C11H16NO/c1-3-9(2)13-8-10-6-4-5-7-11(10)12/h4-6,9H,3,8,12H2,1-2H3. The average Bonchev–Trinajstić information content (AvgIpc) is 2.16. The summed E-state index contributed by atoms with van der Waals surface area (Å²) in [6.07, 6.45) is 1.32. The van der Waals surface area contributed by atoms with Crippen LogP contribution < -0.4 is 5.73 Å². The van der Waals surface area contributed by atoms with Gasteiger partial charge in [0.15, 0.2) is 0 Å². The van der Waals surface area contributed by atoms with E-state index < -0.39 is 0 Å². The molecule has 0 saturated heterocycles. The molecule has 71 valence electrons. The minimum absolute atomic E-state index is 0.291. The van der Waals surface area contributed by atoms with Crippen molar-refractivity contribution in [3.63, 3.8) is 0 Å². The summed E-state index contributed by atoms with van der Waals surface area (Å²) in [6, 6.07) is 8.64. The molecule has 1 aromatic rings. The van der Waals surface area contributed by atoms with Crippen LogP contribution in [0, 0.1) is 6.07 Å². The lowest BCUT2D eigenvalue weighted by Gasteiger charge is -2.11. The molecule has 0 saturated carbocycles. The molecule has 2 N–H and O–H groups in total. The Balaban J connectivity index is 2.50. The summed E-state index contributed by atoms with van der Waals surface area (Å²) in [5.74, 6) is 0. The van der Waals surface area contributed by atoms with E-state index in [1.807, 2.05) is 18.2 Å². The molecular formula is C11H16NO. The van der Waals surface area contributed by atoms with E-state index in [1.54, 1.807) is 0 Å². The van der Waals surface area contributed by atoms with Gasteiger partial charge in [-0.25, -0.2) is 0 Å². The fourth-order valence-electron chi connectivity index (χ4n) is 0.960. The normalized spacial score (nSPS) is 12.8. The first-order valence-corrected chi connectivity index (χ1v) is 4.60. The van der Waals surface area contributed by atoms with Crippen LogP contribution >= 0.6 is 0 Å². The number of anilines is 1. The summed E-state index contributed by atoms with van der Waals surface area (Å²) in [4.78, 5) is 0. The summed E-state index contributed by atoms with van der Waals surface area (Å²) < 4.78 is 5.56. The molecule has 0 aliphatic carbocycles. The van der Waals surface area contributed by atoms with Gasteiger partial charge in [-0.05, 0) is 13.3 Å². The highest BCUT2D eigenvalue weighted by atomic mass is 16.5. The van der Waals surface area contributed by atoms with E-state index in [4.69, 9.17) is 10.5 Å². The Labute approximate surface area is 79.7 Å². The number of rotatable bonds is 4. The summed E-state index contributed by atoms with van der Waals surface area (Å²) >= 11 is 0. The number of nitrogen functional groups attached to an aromatic ring is 1. The lowest BCUT2D eigenvalue weighted by Crippen LogP contribution is -2.07. The van der Waals surface area contributed by atoms with Gasteiger partial charge in [-0.2, -0.15) is 0 Å². The van der Waals surface area contributed by atoms with Gasteiger partial charge in [0.1, 0.15) is 0 Å². The van der Waals surface area contributed by atoms with Crippen LogP contribution in [0.5, 0.6) is 0 Å². The summed E-state index contributed by atoms with van der Waals surface area (Å²) in [5, 5.41) is 0. The molecule has 0 bridgehead atoms. The Hall–Kier alpha value is -1.02. The van der Waals surface area contributed by atoms with E-state index in [1.165, 1.54) is 0 Å². The van der Waals surface area contributed by atoms with Gasteiger partial charge in [-0.15, -0.1) is 0 Å². The third-order valence-electron chi connectivity index (χ3n) is 2.08. The van der Waals surface area contributed by atoms with Crippen molar-refractivity contribution < 1.29 is 4.74 Å². The molecule has 0 aliphatic rings. The number of para-hydroxylation sites is 1. The van der Waals surface area contributed by atoms with Crippen molar-refractivity contribution in [2.45, 2.75) is 33.0 Å². The summed E-state index contributed by atoms with van der Waals surface area (Å²) in [6.45, 7) is 4.74. The van der Waals surface area contributed by atoms with E-state index in [0.717, 1.165) is 12.0 Å². The predicted molar refractivity (Wildman–Crippen MR) is 54.2 cm³/mol. The molecule has 1 unspecified atom stereocenters. The van der Waals surface area contributed by atoms with Gasteiger partial charge in [0.05, 0.1) is 12.7 Å². The molecule has 1 aromatic carbocycles. The number of nitrogens with two attached hydrogens (primary N) is 1. The molecule has 13 heavy (non-hydrogen) atoms. The zero-order valence-corrected chi connectivity index (χ0v) is 8.21. The Morgan fingerprint density at radius 3 is 3.00 bits per heavy atom. The molecule has 0 spiro atoms. The highest BCUT2D eigenvalue weighted by Crippen LogP contribution is 2.12. The highest BCUT2D eigenvalue weighted by molar-refractivity contribution is 5.44. The molecule has 1 radical (unpaired) electrons. The van der Waals surface area contributed by atoms with Gasteiger partial charge >= 0.3 is 0 Å². The van der Waals surface area contributed by atoms with Crippen molar-refractivity contribution in [3.8, 4) is 0 Å². The van der Waals surface area contributed by atoms with Crippen LogP contribution in [-0.4, -0.2) is 6.10 Å². The van der Waals surface area contributed by atoms with Gasteiger partial charge in [-0.1, -0.05) is 25.1 Å². The summed E-state index contributed by atoms with van der Waals surface area (Å²) in [7, 11) is 0. The van der Waals surface area contributed by atoms with Crippen molar-refractivity contribution in [1.82, 2.24) is 0 Å². The average molecular weight is 178 g/mol. The number of hydrogen-bond acceptors (Lipinski definition) is 2. The lowest BCUT2D eigenvalue weighted by molar-refractivity contribution is 0.0512. The van der Waals surface area contributed by atoms with E-state index in [-0.39, 0.29) is 0 Å². The van der Waals surface area contributed by atoms with Crippen molar-refractivity contribution in [3.05, 3.63) is 29.8 Å². The Kier molecular flexibility index (Phi) is 3.77. The molecule has 2 nitrogen and oxygen atoms in total. The molecule has 0 heterocycles. The first-order valence-electron chi connectivity index (χ1n) is 4.60. The second-order valence-corrected chi connectivity index (χ2v) is 3.14. The van der Waals surface area contributed by atoms with E-state index in [2.05, 4.69) is 19.9 Å². The molecular weight excluding hydrogens is 162 g/mol. The minimum atomic E-state index is 0.291. The van der Waals surface area contributed by atoms with Crippen molar-refractivity contribution in [1.29, 1.82) is 0 Å². The van der Waals surface area contributed by atoms with Gasteiger partial charge in [0.25, 0.3) is 0 Å². The monoisotopic (exact) mass is 178 g/mol. The van der Waals surface area contributed by atoms with Crippen LogP contribution in [0.25, 0.3) is 0 Å². The second-order valence-electron chi connectivity index (χ2n) is 3.14. The van der Waals surface area contributed by atoms with E-state index >= 15 is 0 Å². The molecule has 1 atom stereocenters. The maximum Gasteiger partial charge on any atom is 0.0740 e. The van der Waals surface area contributed by atoms with Crippen LogP contribution in [0.4, 0.5) is 5.69 Å². The van der Waals surface area contributed by atoms with Crippen molar-refractivity contribution >= 4 is 5.69 Å². The maximum absolute atomic E-state index is 5.71. The van der Waals surface area contributed by atoms with Gasteiger partial charge < -0.3 is 10.5 Å². The first-order chi connectivity index (χ1) is 6.24. The quantitative estimate of drug-likeness (QED) is 0.718. The van der Waals surface area contributed by atoms with E-state index in [0.29, 0.717) is 18.4 Å². The SMILES string of the molecule is CCC(C)OCc1ccc[c]c1N. The Bertz CT molecular complexity index is 260. The van der Waals surface area contributed by atoms with Crippen LogP contribution in [0.1, 0.15) is 25.8 Å². The third-order valence-corrected chi connectivity index (χ3v) is 2.08. The van der Waals surface area contributed by atoms with Crippen LogP contribution in [0.15, 0.2) is 18.2 Å². The molecule has 0 amide bonds. The van der Waals surface area contributed by atoms with Gasteiger partial charge in [-0.3, -0.25) is 0 Å². The summed E-state index contributed by atoms with van der Waals surface area (Å²) in [5.41, 5.74) is 7.42. The molecule has 0 aliphatic heterocycles. The fraction of sp³-hybridized carbons (Fsp3) is 0.455. The van der Waals surface area contributed by atoms with Crippen molar-refractivity contribution in [2.24, 2.45) is 0 Å². The molecule has 2 heteroatoms. The Morgan fingerprint density at radius 1 is 1.62 bits per heavy atom. The fourth-order valence-corrected chi connectivity index (χ4v) is 0.960. The minimum Gasteiger partial charge on any atom is -0.398 e. The topological polar surface area (TPSA) is 35.2 Å². The van der Waals surface area contributed by atoms with Crippen LogP contribution in [0.3, 0.4) is 0 Å². The van der Waals surface area contributed by atoms with Crippen molar-refractivity contribution in [2.75, 3.05) is 5.73 Å². The first kappa shape index (κ1) is 10.1. The number of ether oxygens (including phenoxy) is 1.